The zero-order valence-electron chi connectivity index (χ0n) is 7.33. The molecular formula is C9H13N3. The maximum atomic E-state index is 5.43. The Morgan fingerprint density at radius 3 is 2.33 bits per heavy atom. The van der Waals surface area contributed by atoms with Crippen molar-refractivity contribution in [3.05, 3.63) is 24.3 Å². The van der Waals surface area contributed by atoms with Gasteiger partial charge in [-0.15, -0.1) is 0 Å². The van der Waals surface area contributed by atoms with Crippen molar-refractivity contribution in [2.45, 2.75) is 6.92 Å². The molecule has 0 fully saturated rings. The summed E-state index contributed by atoms with van der Waals surface area (Å²) >= 11 is 0. The fourth-order valence-electron chi connectivity index (χ4n) is 0.906. The van der Waals surface area contributed by atoms with E-state index in [0.29, 0.717) is 5.84 Å². The molecule has 0 saturated carbocycles. The largest absolute Gasteiger partial charge is 0.388 e. The van der Waals surface area contributed by atoms with E-state index in [1.165, 1.54) is 0 Å². The zero-order valence-corrected chi connectivity index (χ0v) is 7.33. The Morgan fingerprint density at radius 2 is 1.92 bits per heavy atom. The molecule has 0 aliphatic rings. The predicted molar refractivity (Wildman–Crippen MR) is 52.9 cm³/mol. The van der Waals surface area contributed by atoms with Crippen molar-refractivity contribution >= 4 is 17.2 Å². The van der Waals surface area contributed by atoms with Crippen LogP contribution in [0.15, 0.2) is 29.3 Å². The highest BCUT2D eigenvalue weighted by Crippen LogP contribution is 2.15. The lowest BCUT2D eigenvalue weighted by Crippen LogP contribution is -2.03. The lowest BCUT2D eigenvalue weighted by atomic mass is 10.3. The molecule has 3 heteroatoms. The molecule has 0 aliphatic heterocycles. The molecule has 1 aromatic rings. The number of hydrogen-bond donors (Lipinski definition) is 2. The molecule has 0 aliphatic carbocycles. The third-order valence-electron chi connectivity index (χ3n) is 1.46. The summed E-state index contributed by atoms with van der Waals surface area (Å²) in [4.78, 5) is 4.10. The van der Waals surface area contributed by atoms with E-state index in [1.807, 2.05) is 31.3 Å². The van der Waals surface area contributed by atoms with Crippen LogP contribution in [0.5, 0.6) is 0 Å². The third-order valence-corrected chi connectivity index (χ3v) is 1.46. The number of aliphatic imine (C=N–C) groups is 1. The Bertz CT molecular complexity index is 270. The monoisotopic (exact) mass is 163 g/mol. The number of rotatable bonds is 2. The van der Waals surface area contributed by atoms with Gasteiger partial charge in [0.25, 0.3) is 0 Å². The van der Waals surface area contributed by atoms with Gasteiger partial charge >= 0.3 is 0 Å². The normalized spacial score (nSPS) is 11.3. The third kappa shape index (κ3) is 2.27. The summed E-state index contributed by atoms with van der Waals surface area (Å²) in [5.41, 5.74) is 7.39. The first kappa shape index (κ1) is 8.59. The fraction of sp³-hybridized carbons (Fsp3) is 0.222. The van der Waals surface area contributed by atoms with Crippen LogP contribution in [0.2, 0.25) is 0 Å². The van der Waals surface area contributed by atoms with Crippen molar-refractivity contribution in [2.24, 2.45) is 10.7 Å². The van der Waals surface area contributed by atoms with Crippen molar-refractivity contribution < 1.29 is 0 Å². The molecule has 0 radical (unpaired) electrons. The van der Waals surface area contributed by atoms with E-state index in [0.717, 1.165) is 11.4 Å². The van der Waals surface area contributed by atoms with Gasteiger partial charge in [0.15, 0.2) is 0 Å². The Balaban J connectivity index is 2.85. The molecule has 0 aromatic heterocycles. The van der Waals surface area contributed by atoms with Crippen LogP contribution in [0.4, 0.5) is 11.4 Å². The molecule has 3 N–H and O–H groups in total. The molecule has 0 amide bonds. The highest BCUT2D eigenvalue weighted by molar-refractivity contribution is 5.80. The summed E-state index contributed by atoms with van der Waals surface area (Å²) in [5.74, 6) is 0.576. The molecule has 0 saturated heterocycles. The van der Waals surface area contributed by atoms with Gasteiger partial charge in [-0.25, -0.2) is 4.99 Å². The van der Waals surface area contributed by atoms with Crippen LogP contribution < -0.4 is 11.1 Å². The molecule has 0 atom stereocenters. The molecule has 1 aromatic carbocycles. The number of benzene rings is 1. The van der Waals surface area contributed by atoms with Crippen LogP contribution in [0.25, 0.3) is 0 Å². The van der Waals surface area contributed by atoms with Gasteiger partial charge in [0.2, 0.25) is 0 Å². The topological polar surface area (TPSA) is 50.4 Å². The second-order valence-corrected chi connectivity index (χ2v) is 2.55. The number of hydrogen-bond acceptors (Lipinski definition) is 2. The summed E-state index contributed by atoms with van der Waals surface area (Å²) < 4.78 is 0. The Kier molecular flexibility index (Phi) is 2.69. The van der Waals surface area contributed by atoms with Crippen molar-refractivity contribution in [3.8, 4) is 0 Å². The fourth-order valence-corrected chi connectivity index (χ4v) is 0.906. The van der Waals surface area contributed by atoms with Gasteiger partial charge in [0, 0.05) is 12.7 Å². The maximum Gasteiger partial charge on any atom is 0.0964 e. The van der Waals surface area contributed by atoms with E-state index in [9.17, 15) is 0 Å². The number of amidine groups is 1. The minimum absolute atomic E-state index is 0.576. The molecule has 0 unspecified atom stereocenters. The van der Waals surface area contributed by atoms with E-state index < -0.39 is 0 Å². The van der Waals surface area contributed by atoms with Gasteiger partial charge in [-0.1, -0.05) is 0 Å². The first-order valence-electron chi connectivity index (χ1n) is 3.81. The van der Waals surface area contributed by atoms with E-state index in [2.05, 4.69) is 10.3 Å². The Morgan fingerprint density at radius 1 is 1.33 bits per heavy atom. The predicted octanol–water partition coefficient (Wildman–Crippen LogP) is 1.74. The lowest BCUT2D eigenvalue weighted by molar-refractivity contribution is 1.43. The second-order valence-electron chi connectivity index (χ2n) is 2.55. The van der Waals surface area contributed by atoms with E-state index in [1.54, 1.807) is 6.92 Å². The van der Waals surface area contributed by atoms with Gasteiger partial charge in [-0.2, -0.15) is 0 Å². The minimum Gasteiger partial charge on any atom is -0.388 e. The summed E-state index contributed by atoms with van der Waals surface area (Å²) in [6, 6.07) is 7.76. The molecular weight excluding hydrogens is 150 g/mol. The van der Waals surface area contributed by atoms with E-state index >= 15 is 0 Å². The Hall–Kier alpha value is -1.51. The van der Waals surface area contributed by atoms with Crippen LogP contribution in [-0.2, 0) is 0 Å². The van der Waals surface area contributed by atoms with Gasteiger partial charge in [-0.05, 0) is 31.2 Å². The lowest BCUT2D eigenvalue weighted by Gasteiger charge is -1.99. The molecule has 0 heterocycles. The van der Waals surface area contributed by atoms with Crippen LogP contribution >= 0.6 is 0 Å². The summed E-state index contributed by atoms with van der Waals surface area (Å²) in [6.07, 6.45) is 0. The molecule has 1 rings (SSSR count). The van der Waals surface area contributed by atoms with Crippen molar-refractivity contribution in [3.63, 3.8) is 0 Å². The summed E-state index contributed by atoms with van der Waals surface area (Å²) in [7, 11) is 1.88. The smallest absolute Gasteiger partial charge is 0.0964 e. The zero-order chi connectivity index (χ0) is 8.97. The standard InChI is InChI=1S/C9H13N3/c1-7(10)12-9-5-3-8(11-2)4-6-9/h3-6,11H,1-2H3,(H2,10,12). The van der Waals surface area contributed by atoms with Crippen molar-refractivity contribution in [2.75, 3.05) is 12.4 Å². The first-order chi connectivity index (χ1) is 5.72. The molecule has 0 spiro atoms. The van der Waals surface area contributed by atoms with Gasteiger partial charge in [0.1, 0.15) is 0 Å². The average molecular weight is 163 g/mol. The van der Waals surface area contributed by atoms with E-state index in [4.69, 9.17) is 5.73 Å². The molecule has 64 valence electrons. The Labute approximate surface area is 72.3 Å². The van der Waals surface area contributed by atoms with Crippen LogP contribution in [-0.4, -0.2) is 12.9 Å². The van der Waals surface area contributed by atoms with Crippen LogP contribution in [0.1, 0.15) is 6.92 Å². The SMILES string of the molecule is CNc1ccc(N=C(C)N)cc1. The highest BCUT2D eigenvalue weighted by Gasteiger charge is 1.89. The number of nitrogens with zero attached hydrogens (tertiary/aromatic N) is 1. The second kappa shape index (κ2) is 3.76. The molecule has 12 heavy (non-hydrogen) atoms. The van der Waals surface area contributed by atoms with Crippen LogP contribution in [0.3, 0.4) is 0 Å². The minimum atomic E-state index is 0.576. The quantitative estimate of drug-likeness (QED) is 0.515. The van der Waals surface area contributed by atoms with Crippen molar-refractivity contribution in [1.29, 1.82) is 0 Å². The van der Waals surface area contributed by atoms with E-state index in [-0.39, 0.29) is 0 Å². The number of nitrogens with two attached hydrogens (primary N) is 1. The van der Waals surface area contributed by atoms with Gasteiger partial charge < -0.3 is 11.1 Å². The summed E-state index contributed by atoms with van der Waals surface area (Å²) in [6.45, 7) is 1.77. The molecule has 0 bridgehead atoms. The number of nitrogens with one attached hydrogen (secondary N) is 1. The maximum absolute atomic E-state index is 5.43. The molecule has 3 nitrogen and oxygen atoms in total. The summed E-state index contributed by atoms with van der Waals surface area (Å²) in [5, 5.41) is 3.03. The average Bonchev–Trinajstić information content (AvgIpc) is 2.05. The number of anilines is 1. The highest BCUT2D eigenvalue weighted by atomic mass is 14.8. The van der Waals surface area contributed by atoms with Gasteiger partial charge in [-0.3, -0.25) is 0 Å². The van der Waals surface area contributed by atoms with Gasteiger partial charge in [0.05, 0.1) is 11.5 Å². The van der Waals surface area contributed by atoms with Crippen molar-refractivity contribution in [1.82, 2.24) is 0 Å². The van der Waals surface area contributed by atoms with Crippen LogP contribution in [0, 0.1) is 0 Å². The first-order valence-corrected chi connectivity index (χ1v) is 3.81.